The van der Waals surface area contributed by atoms with Gasteiger partial charge in [0.2, 0.25) is 0 Å². The number of benzene rings is 2. The molecule has 0 fully saturated rings. The fourth-order valence-electron chi connectivity index (χ4n) is 2.25. The quantitative estimate of drug-likeness (QED) is 0.757. The Bertz CT molecular complexity index is 597. The molecular formula is C18H16N2. The van der Waals surface area contributed by atoms with Crippen LogP contribution in [0, 0.1) is 0 Å². The van der Waals surface area contributed by atoms with Crippen molar-refractivity contribution < 1.29 is 0 Å². The van der Waals surface area contributed by atoms with Crippen molar-refractivity contribution in [2.24, 2.45) is 0 Å². The van der Waals surface area contributed by atoms with Gasteiger partial charge in [0.15, 0.2) is 0 Å². The number of rotatable bonds is 4. The van der Waals surface area contributed by atoms with Gasteiger partial charge in [-0.15, -0.1) is 0 Å². The topological polar surface area (TPSA) is 24.9 Å². The second-order valence-corrected chi connectivity index (χ2v) is 4.61. The molecule has 1 heterocycles. The van der Waals surface area contributed by atoms with Gasteiger partial charge in [-0.3, -0.25) is 0 Å². The zero-order chi connectivity index (χ0) is 13.6. The SMILES string of the molecule is c1ccc(C(Nc2ccccn2)c2ccccc2)cc1. The smallest absolute Gasteiger partial charge is 0.126 e. The molecule has 0 aliphatic rings. The third kappa shape index (κ3) is 2.86. The van der Waals surface area contributed by atoms with E-state index in [1.165, 1.54) is 11.1 Å². The summed E-state index contributed by atoms with van der Waals surface area (Å²) in [7, 11) is 0. The van der Waals surface area contributed by atoms with Crippen LogP contribution in [0.15, 0.2) is 85.1 Å². The van der Waals surface area contributed by atoms with E-state index in [0.29, 0.717) is 0 Å². The van der Waals surface area contributed by atoms with E-state index in [1.807, 2.05) is 30.3 Å². The number of hydrogen-bond acceptors (Lipinski definition) is 2. The summed E-state index contributed by atoms with van der Waals surface area (Å²) >= 11 is 0. The number of anilines is 1. The lowest BCUT2D eigenvalue weighted by atomic mass is 9.99. The minimum Gasteiger partial charge on any atom is -0.359 e. The Morgan fingerprint density at radius 1 is 0.650 bits per heavy atom. The summed E-state index contributed by atoms with van der Waals surface area (Å²) in [4.78, 5) is 4.36. The molecule has 0 bridgehead atoms. The highest BCUT2D eigenvalue weighted by Gasteiger charge is 2.13. The molecule has 20 heavy (non-hydrogen) atoms. The molecule has 98 valence electrons. The van der Waals surface area contributed by atoms with Gasteiger partial charge in [0.1, 0.15) is 5.82 Å². The Hall–Kier alpha value is -2.61. The number of nitrogens with zero attached hydrogens (tertiary/aromatic N) is 1. The summed E-state index contributed by atoms with van der Waals surface area (Å²) in [6, 6.07) is 26.8. The molecule has 0 spiro atoms. The summed E-state index contributed by atoms with van der Waals surface area (Å²) < 4.78 is 0. The highest BCUT2D eigenvalue weighted by atomic mass is 15.0. The van der Waals surface area contributed by atoms with Crippen molar-refractivity contribution in [1.29, 1.82) is 0 Å². The molecule has 0 aliphatic heterocycles. The maximum Gasteiger partial charge on any atom is 0.126 e. The molecule has 0 radical (unpaired) electrons. The van der Waals surface area contributed by atoms with Crippen LogP contribution in [0.3, 0.4) is 0 Å². The van der Waals surface area contributed by atoms with Gasteiger partial charge in [-0.2, -0.15) is 0 Å². The first-order valence-corrected chi connectivity index (χ1v) is 6.71. The second kappa shape index (κ2) is 6.02. The van der Waals surface area contributed by atoms with Gasteiger partial charge >= 0.3 is 0 Å². The molecule has 3 aromatic rings. The lowest BCUT2D eigenvalue weighted by Crippen LogP contribution is -2.12. The maximum atomic E-state index is 4.36. The lowest BCUT2D eigenvalue weighted by Gasteiger charge is -2.20. The molecule has 1 aromatic heterocycles. The van der Waals surface area contributed by atoms with Crippen molar-refractivity contribution in [2.75, 3.05) is 5.32 Å². The van der Waals surface area contributed by atoms with Gasteiger partial charge in [0, 0.05) is 6.20 Å². The second-order valence-electron chi connectivity index (χ2n) is 4.61. The summed E-state index contributed by atoms with van der Waals surface area (Å²) in [6.07, 6.45) is 1.80. The van der Waals surface area contributed by atoms with Crippen LogP contribution >= 0.6 is 0 Å². The van der Waals surface area contributed by atoms with Crippen LogP contribution in [-0.2, 0) is 0 Å². The zero-order valence-corrected chi connectivity index (χ0v) is 11.1. The van der Waals surface area contributed by atoms with Crippen molar-refractivity contribution in [3.63, 3.8) is 0 Å². The van der Waals surface area contributed by atoms with Crippen molar-refractivity contribution in [3.8, 4) is 0 Å². The first kappa shape index (κ1) is 12.4. The summed E-state index contributed by atoms with van der Waals surface area (Å²) in [5.74, 6) is 0.880. The standard InChI is InChI=1S/C18H16N2/c1-3-9-15(10-4-1)18(16-11-5-2-6-12-16)20-17-13-7-8-14-19-17/h1-14,18H,(H,19,20). The molecule has 0 saturated heterocycles. The van der Waals surface area contributed by atoms with Crippen LogP contribution < -0.4 is 5.32 Å². The highest BCUT2D eigenvalue weighted by Crippen LogP contribution is 2.25. The van der Waals surface area contributed by atoms with E-state index in [-0.39, 0.29) is 6.04 Å². The summed E-state index contributed by atoms with van der Waals surface area (Å²) in [5.41, 5.74) is 2.45. The Morgan fingerprint density at radius 3 is 1.70 bits per heavy atom. The van der Waals surface area contributed by atoms with Gasteiger partial charge in [0.05, 0.1) is 6.04 Å². The van der Waals surface area contributed by atoms with E-state index in [4.69, 9.17) is 0 Å². The highest BCUT2D eigenvalue weighted by molar-refractivity contribution is 5.43. The molecule has 2 heteroatoms. The number of nitrogens with one attached hydrogen (secondary N) is 1. The van der Waals surface area contributed by atoms with E-state index in [9.17, 15) is 0 Å². The third-order valence-corrected chi connectivity index (χ3v) is 3.22. The summed E-state index contributed by atoms with van der Waals surface area (Å²) in [5, 5.41) is 3.50. The third-order valence-electron chi connectivity index (χ3n) is 3.22. The zero-order valence-electron chi connectivity index (χ0n) is 11.1. The molecule has 0 saturated carbocycles. The molecule has 0 aliphatic carbocycles. The maximum absolute atomic E-state index is 4.36. The van der Waals surface area contributed by atoms with Crippen molar-refractivity contribution in [1.82, 2.24) is 4.98 Å². The van der Waals surface area contributed by atoms with Crippen molar-refractivity contribution in [3.05, 3.63) is 96.2 Å². The van der Waals surface area contributed by atoms with E-state index < -0.39 is 0 Å². The van der Waals surface area contributed by atoms with Crippen molar-refractivity contribution in [2.45, 2.75) is 6.04 Å². The molecule has 2 nitrogen and oxygen atoms in total. The van der Waals surface area contributed by atoms with E-state index >= 15 is 0 Å². The average Bonchev–Trinajstić information content (AvgIpc) is 2.55. The Morgan fingerprint density at radius 2 is 1.20 bits per heavy atom. The van der Waals surface area contributed by atoms with Crippen LogP contribution in [0.25, 0.3) is 0 Å². The van der Waals surface area contributed by atoms with Crippen molar-refractivity contribution >= 4 is 5.82 Å². The van der Waals surface area contributed by atoms with Gasteiger partial charge in [-0.25, -0.2) is 4.98 Å². The predicted octanol–water partition coefficient (Wildman–Crippen LogP) is 4.28. The largest absolute Gasteiger partial charge is 0.359 e. The number of hydrogen-bond donors (Lipinski definition) is 1. The molecule has 0 amide bonds. The first-order chi connectivity index (χ1) is 9.93. The number of aromatic nitrogens is 1. The molecule has 2 aromatic carbocycles. The first-order valence-electron chi connectivity index (χ1n) is 6.71. The lowest BCUT2D eigenvalue weighted by molar-refractivity contribution is 0.927. The van der Waals surface area contributed by atoms with E-state index in [2.05, 4.69) is 58.8 Å². The molecule has 0 atom stereocenters. The van der Waals surface area contributed by atoms with E-state index in [0.717, 1.165) is 5.82 Å². The number of pyridine rings is 1. The van der Waals surface area contributed by atoms with Gasteiger partial charge < -0.3 is 5.32 Å². The Kier molecular flexibility index (Phi) is 3.74. The van der Waals surface area contributed by atoms with Crippen LogP contribution in [0.4, 0.5) is 5.82 Å². The van der Waals surface area contributed by atoms with Crippen LogP contribution in [0.5, 0.6) is 0 Å². The van der Waals surface area contributed by atoms with Crippen LogP contribution in [-0.4, -0.2) is 4.98 Å². The summed E-state index contributed by atoms with van der Waals surface area (Å²) in [6.45, 7) is 0. The fraction of sp³-hybridized carbons (Fsp3) is 0.0556. The predicted molar refractivity (Wildman–Crippen MR) is 82.6 cm³/mol. The molecule has 3 rings (SSSR count). The fourth-order valence-corrected chi connectivity index (χ4v) is 2.25. The minimum absolute atomic E-state index is 0.104. The van der Waals surface area contributed by atoms with Crippen LogP contribution in [0.1, 0.15) is 17.2 Å². The van der Waals surface area contributed by atoms with E-state index in [1.54, 1.807) is 6.20 Å². The molecular weight excluding hydrogens is 244 g/mol. The van der Waals surface area contributed by atoms with Gasteiger partial charge in [0.25, 0.3) is 0 Å². The minimum atomic E-state index is 0.104. The molecule has 0 unspecified atom stereocenters. The molecule has 1 N–H and O–H groups in total. The van der Waals surface area contributed by atoms with Crippen LogP contribution in [0.2, 0.25) is 0 Å². The van der Waals surface area contributed by atoms with Gasteiger partial charge in [-0.05, 0) is 23.3 Å². The normalized spacial score (nSPS) is 10.4. The monoisotopic (exact) mass is 260 g/mol. The Balaban J connectivity index is 1.96. The Labute approximate surface area is 119 Å². The van der Waals surface area contributed by atoms with Gasteiger partial charge in [-0.1, -0.05) is 66.7 Å². The average molecular weight is 260 g/mol.